The summed E-state index contributed by atoms with van der Waals surface area (Å²) < 4.78 is 33.5. The Morgan fingerprint density at radius 3 is 1.38 bits per heavy atom. The van der Waals surface area contributed by atoms with Gasteiger partial charge in [-0.3, -0.25) is 9.59 Å². The molecule has 2 aliphatic heterocycles. The molecule has 15 nitrogen and oxygen atoms in total. The predicted octanol–water partition coefficient (Wildman–Crippen LogP) is 6.38. The molecule has 0 aromatic carbocycles. The maximum Gasteiger partial charge on any atom is 0.306 e. The highest BCUT2D eigenvalue weighted by Crippen LogP contribution is 2.26. The molecule has 0 bridgehead atoms. The molecule has 11 atom stereocenters. The van der Waals surface area contributed by atoms with E-state index in [1.807, 2.05) is 0 Å². The van der Waals surface area contributed by atoms with Crippen LogP contribution < -0.4 is 0 Å². The number of hydrogen-bond acceptors (Lipinski definition) is 15. The lowest BCUT2D eigenvalue weighted by Crippen LogP contribution is -2.61. The summed E-state index contributed by atoms with van der Waals surface area (Å²) in [5.74, 6) is -0.959. The van der Waals surface area contributed by atoms with Crippen LogP contribution >= 0.6 is 0 Å². The lowest BCUT2D eigenvalue weighted by Gasteiger charge is -2.42. The summed E-state index contributed by atoms with van der Waals surface area (Å²) in [5, 5.41) is 72.0. The van der Waals surface area contributed by atoms with Crippen LogP contribution in [0.3, 0.4) is 0 Å². The number of ether oxygens (including phenoxy) is 6. The number of aliphatic hydroxyl groups excluding tert-OH is 7. The summed E-state index contributed by atoms with van der Waals surface area (Å²) in [6, 6.07) is 0. The van der Waals surface area contributed by atoms with Crippen LogP contribution in [0, 0.1) is 0 Å². The Labute approximate surface area is 383 Å². The van der Waals surface area contributed by atoms with Gasteiger partial charge in [0.15, 0.2) is 18.7 Å². The van der Waals surface area contributed by atoms with E-state index in [9.17, 15) is 45.3 Å². The zero-order valence-corrected chi connectivity index (χ0v) is 39.3. The highest BCUT2D eigenvalue weighted by molar-refractivity contribution is 5.70. The van der Waals surface area contributed by atoms with Gasteiger partial charge >= 0.3 is 11.9 Å². The molecule has 2 aliphatic rings. The van der Waals surface area contributed by atoms with Gasteiger partial charge in [-0.1, -0.05) is 128 Å². The molecule has 0 radical (unpaired) electrons. The minimum atomic E-state index is -1.77. The topological polar surface area (TPSA) is 231 Å². The van der Waals surface area contributed by atoms with Crippen LogP contribution in [-0.2, 0) is 38.0 Å². The van der Waals surface area contributed by atoms with E-state index < -0.39 is 99.3 Å². The number of rotatable bonds is 38. The molecule has 2 rings (SSSR count). The molecule has 0 spiro atoms. The van der Waals surface area contributed by atoms with Gasteiger partial charge in [0, 0.05) is 12.8 Å². The SMILES string of the molecule is CCCCCCCC/C=C/CCCCCC(=O)OC[C@H](CO[C@@H]1O[C@H](CO[C@@H]2O[C@H](CO)[C@H](O)C(O)C2O)[C@H](O)C(O)C1O)OC(=O)CCCCC/C=C/CCCCCCCCCC. The Kier molecular flexibility index (Phi) is 33.6. The molecular weight excluding hydrogens is 829 g/mol. The van der Waals surface area contributed by atoms with Crippen LogP contribution in [0.2, 0.25) is 0 Å². The van der Waals surface area contributed by atoms with Gasteiger partial charge in [-0.25, -0.2) is 0 Å². The zero-order valence-electron chi connectivity index (χ0n) is 39.3. The maximum absolute atomic E-state index is 13.0. The van der Waals surface area contributed by atoms with E-state index in [2.05, 4.69) is 38.2 Å². The molecule has 0 aliphatic carbocycles. The van der Waals surface area contributed by atoms with Crippen molar-refractivity contribution in [3.8, 4) is 0 Å². The molecule has 0 aromatic heterocycles. The second kappa shape index (κ2) is 37.0. The van der Waals surface area contributed by atoms with Crippen LogP contribution in [0.5, 0.6) is 0 Å². The fourth-order valence-corrected chi connectivity index (χ4v) is 7.73. The Morgan fingerprint density at radius 2 is 0.891 bits per heavy atom. The van der Waals surface area contributed by atoms with Crippen molar-refractivity contribution in [1.82, 2.24) is 0 Å². The molecule has 2 saturated heterocycles. The molecule has 7 N–H and O–H groups in total. The van der Waals surface area contributed by atoms with Crippen LogP contribution in [0.4, 0.5) is 0 Å². The molecule has 0 amide bonds. The number of hydrogen-bond donors (Lipinski definition) is 7. The van der Waals surface area contributed by atoms with Gasteiger partial charge in [0.25, 0.3) is 0 Å². The lowest BCUT2D eigenvalue weighted by molar-refractivity contribution is -0.332. The van der Waals surface area contributed by atoms with Crippen LogP contribution in [-0.4, -0.2) is 142 Å². The van der Waals surface area contributed by atoms with E-state index in [-0.39, 0.29) is 19.4 Å². The summed E-state index contributed by atoms with van der Waals surface area (Å²) in [5.41, 5.74) is 0. The van der Waals surface area contributed by atoms with Gasteiger partial charge in [-0.2, -0.15) is 0 Å². The zero-order chi connectivity index (χ0) is 46.8. The molecule has 0 saturated carbocycles. The van der Waals surface area contributed by atoms with Crippen molar-refractivity contribution < 1.29 is 73.8 Å². The molecule has 64 heavy (non-hydrogen) atoms. The van der Waals surface area contributed by atoms with E-state index in [4.69, 9.17) is 28.4 Å². The van der Waals surface area contributed by atoms with Crippen LogP contribution in [0.15, 0.2) is 24.3 Å². The molecular formula is C49H88O15. The Hall–Kier alpha value is -2.02. The van der Waals surface area contributed by atoms with Crippen molar-refractivity contribution in [3.63, 3.8) is 0 Å². The fourth-order valence-electron chi connectivity index (χ4n) is 7.73. The molecule has 374 valence electrons. The van der Waals surface area contributed by atoms with E-state index in [0.717, 1.165) is 51.4 Å². The number of unbranched alkanes of at least 4 members (excludes halogenated alkanes) is 20. The average Bonchev–Trinajstić information content (AvgIpc) is 3.29. The first kappa shape index (κ1) is 58.1. The van der Waals surface area contributed by atoms with Gasteiger partial charge in [0.2, 0.25) is 0 Å². The molecule has 15 heteroatoms. The molecule has 2 heterocycles. The Bertz CT molecular complexity index is 1220. The minimum absolute atomic E-state index is 0.143. The predicted molar refractivity (Wildman–Crippen MR) is 243 cm³/mol. The van der Waals surface area contributed by atoms with Crippen molar-refractivity contribution in [2.75, 3.05) is 26.4 Å². The fraction of sp³-hybridized carbons (Fsp3) is 0.878. The summed E-state index contributed by atoms with van der Waals surface area (Å²) in [6.07, 6.45) is 19.3. The molecule has 0 aromatic rings. The van der Waals surface area contributed by atoms with Gasteiger partial charge < -0.3 is 64.2 Å². The van der Waals surface area contributed by atoms with E-state index >= 15 is 0 Å². The average molecular weight is 917 g/mol. The highest BCUT2D eigenvalue weighted by atomic mass is 16.7. The second-order valence-electron chi connectivity index (χ2n) is 17.6. The maximum atomic E-state index is 13.0. The van der Waals surface area contributed by atoms with E-state index in [1.54, 1.807) is 0 Å². The standard InChI is InChI=1S/C49H88O15/c1-3-5-7-9-11-13-15-17-18-20-22-24-26-28-30-32-41(52)62-37(34-59-40(51)31-29-27-25-23-21-19-16-14-12-10-8-6-4-2)35-60-48-47(58)45(56)43(54)39(64-48)36-61-49-46(57)44(55)42(53)38(33-50)63-49/h19-22,37-39,42-50,53-58H,3-18,23-36H2,1-2H3/b21-19+,22-20+/t37-,38-,39-,42+,43+,44?,45?,46?,47?,48-,49-/m1/s1. The second-order valence-corrected chi connectivity index (χ2v) is 17.6. The van der Waals surface area contributed by atoms with Gasteiger partial charge in [-0.05, 0) is 64.2 Å². The largest absolute Gasteiger partial charge is 0.462 e. The third kappa shape index (κ3) is 25.2. The van der Waals surface area contributed by atoms with Crippen molar-refractivity contribution in [3.05, 3.63) is 24.3 Å². The minimum Gasteiger partial charge on any atom is -0.462 e. The monoisotopic (exact) mass is 917 g/mol. The van der Waals surface area contributed by atoms with Crippen molar-refractivity contribution in [2.45, 2.75) is 248 Å². The number of allylic oxidation sites excluding steroid dienone is 4. The third-order valence-electron chi connectivity index (χ3n) is 11.9. The third-order valence-corrected chi connectivity index (χ3v) is 11.9. The van der Waals surface area contributed by atoms with Crippen LogP contribution in [0.25, 0.3) is 0 Å². The number of aliphatic hydroxyl groups is 7. The van der Waals surface area contributed by atoms with E-state index in [0.29, 0.717) is 12.8 Å². The summed E-state index contributed by atoms with van der Waals surface area (Å²) in [6.45, 7) is 2.54. The normalized spacial score (nSPS) is 26.8. The summed E-state index contributed by atoms with van der Waals surface area (Å²) in [7, 11) is 0. The van der Waals surface area contributed by atoms with Gasteiger partial charge in [0.05, 0.1) is 19.8 Å². The number of carbonyl (C=O) groups is 2. The summed E-state index contributed by atoms with van der Waals surface area (Å²) in [4.78, 5) is 25.7. The van der Waals surface area contributed by atoms with Gasteiger partial charge in [0.1, 0.15) is 55.4 Å². The Balaban J connectivity index is 1.84. The number of esters is 2. The first-order valence-corrected chi connectivity index (χ1v) is 24.9. The van der Waals surface area contributed by atoms with Gasteiger partial charge in [-0.15, -0.1) is 0 Å². The van der Waals surface area contributed by atoms with Crippen LogP contribution in [0.1, 0.15) is 181 Å². The Morgan fingerprint density at radius 1 is 0.484 bits per heavy atom. The van der Waals surface area contributed by atoms with Crippen molar-refractivity contribution in [1.29, 1.82) is 0 Å². The first-order chi connectivity index (χ1) is 31.0. The quantitative estimate of drug-likeness (QED) is 0.0203. The summed E-state index contributed by atoms with van der Waals surface area (Å²) >= 11 is 0. The number of carbonyl (C=O) groups excluding carboxylic acids is 2. The first-order valence-electron chi connectivity index (χ1n) is 24.9. The lowest BCUT2D eigenvalue weighted by atomic mass is 9.98. The van der Waals surface area contributed by atoms with Crippen molar-refractivity contribution >= 4 is 11.9 Å². The highest BCUT2D eigenvalue weighted by Gasteiger charge is 2.47. The molecule has 2 fully saturated rings. The van der Waals surface area contributed by atoms with E-state index in [1.165, 1.54) is 89.9 Å². The molecule has 4 unspecified atom stereocenters. The smallest absolute Gasteiger partial charge is 0.306 e. The van der Waals surface area contributed by atoms with Crippen molar-refractivity contribution in [2.24, 2.45) is 0 Å².